The van der Waals surface area contributed by atoms with E-state index in [9.17, 15) is 14.3 Å². The Bertz CT molecular complexity index is 460. The van der Waals surface area contributed by atoms with Crippen molar-refractivity contribution < 1.29 is 14.3 Å². The van der Waals surface area contributed by atoms with Gasteiger partial charge in [0.15, 0.2) is 0 Å². The van der Waals surface area contributed by atoms with Gasteiger partial charge in [-0.2, -0.15) is 4.99 Å². The summed E-state index contributed by atoms with van der Waals surface area (Å²) in [6, 6.07) is 2.60. The van der Waals surface area contributed by atoms with Crippen molar-refractivity contribution >= 4 is 6.08 Å². The first-order valence-electron chi connectivity index (χ1n) is 4.68. The number of aryl methyl sites for hydroxylation is 1. The van der Waals surface area contributed by atoms with E-state index >= 15 is 0 Å². The molecule has 0 aliphatic heterocycles. The summed E-state index contributed by atoms with van der Waals surface area (Å²) in [6.07, 6.45) is 2.71. The highest BCUT2D eigenvalue weighted by Crippen LogP contribution is 2.50. The standard InChI is InChI=1S/C11H10FNO2/c1-7-4-9(12)8(5-10(7)15)11(2-3-11)13-6-14/h4-5,15H,2-3H2,1H3. The molecule has 1 aromatic rings. The van der Waals surface area contributed by atoms with Crippen LogP contribution in [0.25, 0.3) is 0 Å². The van der Waals surface area contributed by atoms with Gasteiger partial charge in [-0.15, -0.1) is 0 Å². The lowest BCUT2D eigenvalue weighted by molar-refractivity contribution is 0.464. The van der Waals surface area contributed by atoms with Gasteiger partial charge in [0.2, 0.25) is 6.08 Å². The average Bonchev–Trinajstić information content (AvgIpc) is 2.93. The van der Waals surface area contributed by atoms with Gasteiger partial charge in [0.1, 0.15) is 17.1 Å². The number of aromatic hydroxyl groups is 1. The monoisotopic (exact) mass is 207 g/mol. The maximum absolute atomic E-state index is 13.6. The third-order valence-corrected chi connectivity index (χ3v) is 2.77. The molecule has 0 radical (unpaired) electrons. The van der Waals surface area contributed by atoms with Crippen LogP contribution >= 0.6 is 0 Å². The lowest BCUT2D eigenvalue weighted by Gasteiger charge is -2.11. The van der Waals surface area contributed by atoms with E-state index in [1.54, 1.807) is 6.92 Å². The molecular weight excluding hydrogens is 197 g/mol. The number of phenolic OH excluding ortho intramolecular Hbond substituents is 1. The molecule has 1 fully saturated rings. The number of nitrogens with zero attached hydrogens (tertiary/aromatic N) is 1. The molecule has 4 heteroatoms. The first-order chi connectivity index (χ1) is 7.09. The van der Waals surface area contributed by atoms with Gasteiger partial charge in [0.25, 0.3) is 0 Å². The highest BCUT2D eigenvalue weighted by atomic mass is 19.1. The Labute approximate surface area is 86.3 Å². The Kier molecular flexibility index (Phi) is 2.09. The Morgan fingerprint density at radius 2 is 2.20 bits per heavy atom. The van der Waals surface area contributed by atoms with Crippen LogP contribution in [0.1, 0.15) is 24.0 Å². The smallest absolute Gasteiger partial charge is 0.235 e. The molecule has 15 heavy (non-hydrogen) atoms. The fraction of sp³-hybridized carbons (Fsp3) is 0.364. The Morgan fingerprint density at radius 3 is 2.73 bits per heavy atom. The number of benzene rings is 1. The minimum absolute atomic E-state index is 0.0266. The van der Waals surface area contributed by atoms with E-state index in [0.29, 0.717) is 18.4 Å². The average molecular weight is 207 g/mol. The Hall–Kier alpha value is -1.67. The van der Waals surface area contributed by atoms with Gasteiger partial charge in [-0.1, -0.05) is 0 Å². The van der Waals surface area contributed by atoms with E-state index < -0.39 is 11.4 Å². The molecular formula is C11H10FNO2. The maximum Gasteiger partial charge on any atom is 0.235 e. The highest BCUT2D eigenvalue weighted by Gasteiger charge is 2.47. The molecule has 1 saturated carbocycles. The lowest BCUT2D eigenvalue weighted by Crippen LogP contribution is -2.05. The molecule has 0 aromatic heterocycles. The van der Waals surface area contributed by atoms with Crippen LogP contribution < -0.4 is 0 Å². The van der Waals surface area contributed by atoms with E-state index in [-0.39, 0.29) is 11.3 Å². The number of rotatable bonds is 2. The summed E-state index contributed by atoms with van der Waals surface area (Å²) in [4.78, 5) is 13.8. The third-order valence-electron chi connectivity index (χ3n) is 2.77. The molecule has 0 spiro atoms. The highest BCUT2D eigenvalue weighted by molar-refractivity contribution is 5.46. The van der Waals surface area contributed by atoms with Crippen LogP contribution in [0.2, 0.25) is 0 Å². The molecule has 2 rings (SSSR count). The summed E-state index contributed by atoms with van der Waals surface area (Å²) in [6.45, 7) is 1.62. The number of aliphatic imine (C=N–C) groups is 1. The normalized spacial score (nSPS) is 16.9. The van der Waals surface area contributed by atoms with Gasteiger partial charge in [-0.3, -0.25) is 0 Å². The zero-order valence-corrected chi connectivity index (χ0v) is 8.25. The number of carbonyl (C=O) groups excluding carboxylic acids is 1. The topological polar surface area (TPSA) is 49.7 Å². The van der Waals surface area contributed by atoms with Crippen LogP contribution in [0, 0.1) is 12.7 Å². The summed E-state index contributed by atoms with van der Waals surface area (Å²) < 4.78 is 13.6. The summed E-state index contributed by atoms with van der Waals surface area (Å²) in [7, 11) is 0. The zero-order chi connectivity index (χ0) is 11.1. The van der Waals surface area contributed by atoms with Crippen LogP contribution in [0.3, 0.4) is 0 Å². The van der Waals surface area contributed by atoms with Gasteiger partial charge in [0, 0.05) is 5.56 Å². The van der Waals surface area contributed by atoms with Crippen molar-refractivity contribution in [2.24, 2.45) is 4.99 Å². The molecule has 1 aliphatic carbocycles. The first-order valence-corrected chi connectivity index (χ1v) is 4.68. The molecule has 0 atom stereocenters. The molecule has 0 heterocycles. The van der Waals surface area contributed by atoms with E-state index in [4.69, 9.17) is 0 Å². The summed E-state index contributed by atoms with van der Waals surface area (Å²) in [5, 5.41) is 9.48. The van der Waals surface area contributed by atoms with E-state index in [2.05, 4.69) is 4.99 Å². The number of hydrogen-bond acceptors (Lipinski definition) is 3. The zero-order valence-electron chi connectivity index (χ0n) is 8.25. The van der Waals surface area contributed by atoms with Crippen LogP contribution in [-0.4, -0.2) is 11.2 Å². The molecule has 0 unspecified atom stereocenters. The minimum atomic E-state index is -0.767. The Balaban J connectivity index is 2.54. The van der Waals surface area contributed by atoms with Crippen molar-refractivity contribution in [2.75, 3.05) is 0 Å². The van der Waals surface area contributed by atoms with Crippen molar-refractivity contribution in [2.45, 2.75) is 25.3 Å². The number of hydrogen-bond donors (Lipinski definition) is 1. The molecule has 78 valence electrons. The molecule has 0 bridgehead atoms. The quantitative estimate of drug-likeness (QED) is 0.596. The largest absolute Gasteiger partial charge is 0.508 e. The predicted octanol–water partition coefficient (Wildman–Crippen LogP) is 2.16. The van der Waals surface area contributed by atoms with E-state index in [1.165, 1.54) is 18.2 Å². The third kappa shape index (κ3) is 1.53. The number of halogens is 1. The second-order valence-corrected chi connectivity index (χ2v) is 3.85. The second kappa shape index (κ2) is 3.17. The van der Waals surface area contributed by atoms with Crippen molar-refractivity contribution in [3.8, 4) is 5.75 Å². The van der Waals surface area contributed by atoms with Gasteiger partial charge >= 0.3 is 0 Å². The van der Waals surface area contributed by atoms with Crippen molar-refractivity contribution in [3.63, 3.8) is 0 Å². The first kappa shape index (κ1) is 9.87. The summed E-state index contributed by atoms with van der Waals surface area (Å²) >= 11 is 0. The van der Waals surface area contributed by atoms with Gasteiger partial charge in [-0.25, -0.2) is 9.18 Å². The van der Waals surface area contributed by atoms with Crippen LogP contribution in [-0.2, 0) is 10.3 Å². The fourth-order valence-electron chi connectivity index (χ4n) is 1.67. The SMILES string of the molecule is Cc1cc(F)c(C2(N=C=O)CC2)cc1O. The van der Waals surface area contributed by atoms with E-state index in [1.807, 2.05) is 0 Å². The fourth-order valence-corrected chi connectivity index (χ4v) is 1.67. The lowest BCUT2D eigenvalue weighted by atomic mass is 10.0. The number of phenols is 1. The molecule has 1 N–H and O–H groups in total. The maximum atomic E-state index is 13.6. The summed E-state index contributed by atoms with van der Waals surface area (Å²) in [5.41, 5.74) is -0.00659. The van der Waals surface area contributed by atoms with Crippen LogP contribution in [0.5, 0.6) is 5.75 Å². The molecule has 1 aromatic carbocycles. The molecule has 3 nitrogen and oxygen atoms in total. The van der Waals surface area contributed by atoms with Gasteiger partial charge < -0.3 is 5.11 Å². The number of isocyanates is 1. The predicted molar refractivity (Wildman–Crippen MR) is 51.8 cm³/mol. The molecule has 1 aliphatic rings. The summed E-state index contributed by atoms with van der Waals surface area (Å²) in [5.74, 6) is -0.402. The van der Waals surface area contributed by atoms with Crippen molar-refractivity contribution in [1.82, 2.24) is 0 Å². The Morgan fingerprint density at radius 1 is 1.53 bits per heavy atom. The second-order valence-electron chi connectivity index (χ2n) is 3.85. The molecule has 0 saturated heterocycles. The van der Waals surface area contributed by atoms with Gasteiger partial charge in [-0.05, 0) is 37.5 Å². The van der Waals surface area contributed by atoms with Gasteiger partial charge in [0.05, 0.1) is 0 Å². The molecule has 0 amide bonds. The minimum Gasteiger partial charge on any atom is -0.508 e. The van der Waals surface area contributed by atoms with Crippen molar-refractivity contribution in [3.05, 3.63) is 29.1 Å². The van der Waals surface area contributed by atoms with Crippen LogP contribution in [0.4, 0.5) is 4.39 Å². The van der Waals surface area contributed by atoms with Crippen LogP contribution in [0.15, 0.2) is 17.1 Å². The van der Waals surface area contributed by atoms with Crippen molar-refractivity contribution in [1.29, 1.82) is 0 Å². The van der Waals surface area contributed by atoms with E-state index in [0.717, 1.165) is 0 Å².